The normalized spacial score (nSPS) is 10.8. The van der Waals surface area contributed by atoms with Crippen LogP contribution in [0.1, 0.15) is 26.5 Å². The number of rotatable bonds is 6. The highest BCUT2D eigenvalue weighted by Gasteiger charge is 2.14. The smallest absolute Gasteiger partial charge is 0.268 e. The topological polar surface area (TPSA) is 83.6 Å². The highest BCUT2D eigenvalue weighted by atomic mass is 35.5. The summed E-state index contributed by atoms with van der Waals surface area (Å²) in [5, 5.41) is 3.60. The average Bonchev–Trinajstić information content (AvgIpc) is 3.40. The highest BCUT2D eigenvalue weighted by Crippen LogP contribution is 2.22. The summed E-state index contributed by atoms with van der Waals surface area (Å²) in [5.41, 5.74) is 5.72. The number of hydrogen-bond donors (Lipinski definition) is 2. The summed E-state index contributed by atoms with van der Waals surface area (Å²) in [6, 6.07) is 9.50. The average molecular weight is 424 g/mol. The minimum atomic E-state index is -0.196. The number of nitrogens with zero attached hydrogens (tertiary/aromatic N) is 3. The van der Waals surface area contributed by atoms with Gasteiger partial charge in [-0.05, 0) is 61.2 Å². The Morgan fingerprint density at radius 1 is 1.14 bits per heavy atom. The van der Waals surface area contributed by atoms with Gasteiger partial charge in [-0.25, -0.2) is 9.97 Å². The Balaban J connectivity index is 1.48. The molecule has 2 N–H and O–H groups in total. The number of aromatic nitrogens is 4. The van der Waals surface area contributed by atoms with Gasteiger partial charge in [-0.15, -0.1) is 11.3 Å². The van der Waals surface area contributed by atoms with Gasteiger partial charge >= 0.3 is 0 Å². The molecule has 0 fully saturated rings. The van der Waals surface area contributed by atoms with Crippen molar-refractivity contribution in [2.45, 2.75) is 19.8 Å². The van der Waals surface area contributed by atoms with Gasteiger partial charge in [0.05, 0.1) is 11.7 Å². The molecule has 29 heavy (non-hydrogen) atoms. The van der Waals surface area contributed by atoms with Crippen LogP contribution in [-0.2, 0) is 12.8 Å². The van der Waals surface area contributed by atoms with Crippen molar-refractivity contribution < 1.29 is 4.79 Å². The van der Waals surface area contributed by atoms with Crippen LogP contribution in [0.3, 0.4) is 0 Å². The lowest BCUT2D eigenvalue weighted by Gasteiger charge is -2.12. The summed E-state index contributed by atoms with van der Waals surface area (Å²) in [5.74, 6) is 1.19. The number of amides is 1. The van der Waals surface area contributed by atoms with Gasteiger partial charge in [0, 0.05) is 28.7 Å². The molecule has 0 radical (unpaired) electrons. The number of H-pyrrole nitrogens is 1. The minimum Gasteiger partial charge on any atom is -0.342 e. The molecule has 0 bridgehead atoms. The van der Waals surface area contributed by atoms with Gasteiger partial charge in [-0.1, -0.05) is 11.6 Å². The van der Waals surface area contributed by atoms with Crippen molar-refractivity contribution in [1.29, 1.82) is 0 Å². The molecule has 3 heterocycles. The standard InChI is InChI=1S/C21H18ClN5OS/c1-13-8-9-24-20(27-21(28)18-11-23-12-29-18)17(13)7-6-16-10-25-19(26-16)14-2-4-15(22)5-3-14/h2-5,8-12H,6-7H2,1H3,(H,25,26)(H,24,27,28). The number of benzene rings is 1. The second kappa shape index (κ2) is 8.55. The zero-order valence-corrected chi connectivity index (χ0v) is 17.2. The Kier molecular flexibility index (Phi) is 5.69. The lowest BCUT2D eigenvalue weighted by Crippen LogP contribution is -2.14. The molecule has 0 saturated heterocycles. The second-order valence-electron chi connectivity index (χ2n) is 6.54. The summed E-state index contributed by atoms with van der Waals surface area (Å²) in [7, 11) is 0. The Hall–Kier alpha value is -3.03. The number of carbonyl (C=O) groups is 1. The monoisotopic (exact) mass is 423 g/mol. The van der Waals surface area contributed by atoms with E-state index in [2.05, 4.69) is 25.3 Å². The van der Waals surface area contributed by atoms with E-state index in [1.807, 2.05) is 43.5 Å². The quantitative estimate of drug-likeness (QED) is 0.460. The summed E-state index contributed by atoms with van der Waals surface area (Å²) in [6.07, 6.45) is 6.57. The molecule has 4 rings (SSSR count). The molecule has 0 aliphatic carbocycles. The molecular formula is C21H18ClN5OS. The number of hydrogen-bond acceptors (Lipinski definition) is 5. The van der Waals surface area contributed by atoms with Crippen LogP contribution in [0, 0.1) is 6.92 Å². The number of halogens is 1. The molecule has 1 amide bonds. The zero-order chi connectivity index (χ0) is 20.2. The zero-order valence-electron chi connectivity index (χ0n) is 15.6. The van der Waals surface area contributed by atoms with Gasteiger partial charge in [0.1, 0.15) is 16.5 Å². The van der Waals surface area contributed by atoms with E-state index in [1.165, 1.54) is 11.3 Å². The fourth-order valence-corrected chi connectivity index (χ4v) is 3.65. The second-order valence-corrected chi connectivity index (χ2v) is 7.86. The number of carbonyl (C=O) groups excluding carboxylic acids is 1. The minimum absolute atomic E-state index is 0.196. The van der Waals surface area contributed by atoms with E-state index in [0.717, 1.165) is 41.1 Å². The van der Waals surface area contributed by atoms with E-state index in [1.54, 1.807) is 17.9 Å². The van der Waals surface area contributed by atoms with Gasteiger partial charge in [0.2, 0.25) is 0 Å². The predicted molar refractivity (Wildman–Crippen MR) is 115 cm³/mol. The molecule has 4 aromatic rings. The first-order valence-electron chi connectivity index (χ1n) is 9.04. The van der Waals surface area contributed by atoms with Crippen LogP contribution in [0.5, 0.6) is 0 Å². The summed E-state index contributed by atoms with van der Waals surface area (Å²) < 4.78 is 0. The summed E-state index contributed by atoms with van der Waals surface area (Å²) in [6.45, 7) is 2.02. The molecular weight excluding hydrogens is 406 g/mol. The lowest BCUT2D eigenvalue weighted by molar-refractivity contribution is 0.103. The van der Waals surface area contributed by atoms with Gasteiger partial charge in [-0.2, -0.15) is 0 Å². The van der Waals surface area contributed by atoms with Crippen molar-refractivity contribution in [3.63, 3.8) is 0 Å². The van der Waals surface area contributed by atoms with Gasteiger partial charge in [0.15, 0.2) is 0 Å². The molecule has 3 aromatic heterocycles. The third kappa shape index (κ3) is 4.52. The van der Waals surface area contributed by atoms with Crippen LogP contribution in [0.4, 0.5) is 5.82 Å². The van der Waals surface area contributed by atoms with Crippen molar-refractivity contribution >= 4 is 34.7 Å². The van der Waals surface area contributed by atoms with Crippen molar-refractivity contribution in [1.82, 2.24) is 19.9 Å². The molecule has 6 nitrogen and oxygen atoms in total. The summed E-state index contributed by atoms with van der Waals surface area (Å²) >= 11 is 7.25. The fourth-order valence-electron chi connectivity index (χ4n) is 3.01. The largest absolute Gasteiger partial charge is 0.342 e. The third-order valence-electron chi connectivity index (χ3n) is 4.57. The highest BCUT2D eigenvalue weighted by molar-refractivity contribution is 7.11. The van der Waals surface area contributed by atoms with E-state index in [-0.39, 0.29) is 5.91 Å². The van der Waals surface area contributed by atoms with Crippen LogP contribution < -0.4 is 5.32 Å². The first-order chi connectivity index (χ1) is 14.1. The molecule has 1 aromatic carbocycles. The van der Waals surface area contributed by atoms with Crippen LogP contribution in [0.15, 0.2) is 54.4 Å². The molecule has 0 aliphatic heterocycles. The number of imidazole rings is 1. The fraction of sp³-hybridized carbons (Fsp3) is 0.143. The maximum Gasteiger partial charge on any atom is 0.268 e. The Morgan fingerprint density at radius 3 is 2.72 bits per heavy atom. The maximum atomic E-state index is 12.4. The van der Waals surface area contributed by atoms with Crippen LogP contribution in [0.2, 0.25) is 5.02 Å². The molecule has 0 saturated carbocycles. The van der Waals surface area contributed by atoms with E-state index < -0.39 is 0 Å². The van der Waals surface area contributed by atoms with Gasteiger partial charge in [0.25, 0.3) is 5.91 Å². The van der Waals surface area contributed by atoms with E-state index >= 15 is 0 Å². The van der Waals surface area contributed by atoms with Crippen molar-refractivity contribution in [2.75, 3.05) is 5.32 Å². The molecule has 0 aliphatic rings. The van der Waals surface area contributed by atoms with E-state index in [9.17, 15) is 4.79 Å². The molecule has 8 heteroatoms. The number of nitrogens with one attached hydrogen (secondary N) is 2. The van der Waals surface area contributed by atoms with Crippen LogP contribution in [0.25, 0.3) is 11.4 Å². The van der Waals surface area contributed by atoms with Crippen molar-refractivity contribution in [2.24, 2.45) is 0 Å². The number of pyridine rings is 1. The Bertz CT molecular complexity index is 1120. The lowest BCUT2D eigenvalue weighted by atomic mass is 10.0. The first-order valence-corrected chi connectivity index (χ1v) is 10.3. The van der Waals surface area contributed by atoms with Crippen molar-refractivity contribution in [3.8, 4) is 11.4 Å². The third-order valence-corrected chi connectivity index (χ3v) is 5.59. The van der Waals surface area contributed by atoms with E-state index in [0.29, 0.717) is 15.7 Å². The van der Waals surface area contributed by atoms with Gasteiger partial charge in [-0.3, -0.25) is 9.78 Å². The van der Waals surface area contributed by atoms with Crippen LogP contribution in [-0.4, -0.2) is 25.8 Å². The summed E-state index contributed by atoms with van der Waals surface area (Å²) in [4.78, 5) is 29.1. The SMILES string of the molecule is Cc1ccnc(NC(=O)c2cncs2)c1CCc1cnc(-c2ccc(Cl)cc2)[nH]1. The number of aryl methyl sites for hydroxylation is 2. The van der Waals surface area contributed by atoms with E-state index in [4.69, 9.17) is 11.6 Å². The first kappa shape index (κ1) is 19.3. The molecule has 146 valence electrons. The van der Waals surface area contributed by atoms with Gasteiger partial charge < -0.3 is 10.3 Å². The molecule has 0 atom stereocenters. The molecule has 0 unspecified atom stereocenters. The maximum absolute atomic E-state index is 12.4. The van der Waals surface area contributed by atoms with Crippen molar-refractivity contribution in [3.05, 3.63) is 81.2 Å². The van der Waals surface area contributed by atoms with Crippen LogP contribution >= 0.6 is 22.9 Å². The predicted octanol–water partition coefficient (Wildman–Crippen LogP) is 4.93. The Labute approximate surface area is 177 Å². The number of anilines is 1. The Morgan fingerprint density at radius 2 is 1.97 bits per heavy atom. The molecule has 0 spiro atoms. The number of thiazole rings is 1. The number of aromatic amines is 1.